The van der Waals surface area contributed by atoms with Gasteiger partial charge >= 0.3 is 0 Å². The van der Waals surface area contributed by atoms with Gasteiger partial charge in [-0.05, 0) is 80.3 Å². The molecule has 1 aliphatic rings. The van der Waals surface area contributed by atoms with Crippen LogP contribution in [-0.4, -0.2) is 40.7 Å². The highest BCUT2D eigenvalue weighted by Gasteiger charge is 2.24. The number of sulfonamides is 1. The van der Waals surface area contributed by atoms with Crippen molar-refractivity contribution in [1.29, 1.82) is 0 Å². The maximum absolute atomic E-state index is 13.2. The van der Waals surface area contributed by atoms with Crippen LogP contribution in [0.25, 0.3) is 11.1 Å². The maximum atomic E-state index is 13.2. The van der Waals surface area contributed by atoms with Gasteiger partial charge in [-0.1, -0.05) is 30.3 Å². The molecular weight excluding hydrogens is 446 g/mol. The zero-order chi connectivity index (χ0) is 24.5. The Labute approximate surface area is 203 Å². The molecule has 2 unspecified atom stereocenters. The molecule has 180 valence electrons. The first-order valence-corrected chi connectivity index (χ1v) is 13.0. The van der Waals surface area contributed by atoms with E-state index >= 15 is 0 Å². The van der Waals surface area contributed by atoms with Crippen molar-refractivity contribution in [3.63, 3.8) is 0 Å². The molecule has 3 aromatic carbocycles. The number of piperazine rings is 1. The van der Waals surface area contributed by atoms with Gasteiger partial charge in [0.1, 0.15) is 5.75 Å². The Kier molecular flexibility index (Phi) is 6.86. The van der Waals surface area contributed by atoms with Gasteiger partial charge in [-0.2, -0.15) is 0 Å². The summed E-state index contributed by atoms with van der Waals surface area (Å²) in [7, 11) is -2.11. The minimum Gasteiger partial charge on any atom is -0.495 e. The van der Waals surface area contributed by atoms with E-state index in [-0.39, 0.29) is 4.90 Å². The highest BCUT2D eigenvalue weighted by molar-refractivity contribution is 7.92. The van der Waals surface area contributed by atoms with Gasteiger partial charge in [0.2, 0.25) is 0 Å². The van der Waals surface area contributed by atoms with Gasteiger partial charge in [0.15, 0.2) is 0 Å². The van der Waals surface area contributed by atoms with E-state index in [1.54, 1.807) is 25.3 Å². The second-order valence-corrected chi connectivity index (χ2v) is 10.8. The van der Waals surface area contributed by atoms with Crippen LogP contribution in [-0.2, 0) is 10.0 Å². The van der Waals surface area contributed by atoms with Crippen LogP contribution in [0.4, 0.5) is 11.4 Å². The Morgan fingerprint density at radius 1 is 0.941 bits per heavy atom. The van der Waals surface area contributed by atoms with E-state index in [2.05, 4.69) is 54.8 Å². The predicted octanol–water partition coefficient (Wildman–Crippen LogP) is 4.97. The summed E-state index contributed by atoms with van der Waals surface area (Å²) in [6.07, 6.45) is 0. The summed E-state index contributed by atoms with van der Waals surface area (Å²) in [5.41, 5.74) is 5.86. The summed E-state index contributed by atoms with van der Waals surface area (Å²) < 4.78 is 34.6. The van der Waals surface area contributed by atoms with E-state index < -0.39 is 10.0 Å². The number of anilines is 2. The van der Waals surface area contributed by atoms with Crippen LogP contribution in [0.5, 0.6) is 5.75 Å². The van der Waals surface area contributed by atoms with Gasteiger partial charge in [0.05, 0.1) is 23.4 Å². The third-order valence-corrected chi connectivity index (χ3v) is 7.66. The first-order valence-electron chi connectivity index (χ1n) is 11.6. The normalized spacial score (nSPS) is 18.6. The molecule has 0 aromatic heterocycles. The van der Waals surface area contributed by atoms with Crippen molar-refractivity contribution in [1.82, 2.24) is 5.32 Å². The van der Waals surface area contributed by atoms with E-state index in [0.29, 0.717) is 17.8 Å². The molecule has 0 radical (unpaired) electrons. The number of hydrogen-bond donors (Lipinski definition) is 2. The van der Waals surface area contributed by atoms with Gasteiger partial charge in [-0.3, -0.25) is 4.72 Å². The zero-order valence-corrected chi connectivity index (χ0v) is 21.2. The van der Waals surface area contributed by atoms with Crippen LogP contribution in [0.3, 0.4) is 0 Å². The van der Waals surface area contributed by atoms with Crippen molar-refractivity contribution in [3.05, 3.63) is 71.8 Å². The lowest BCUT2D eigenvalue weighted by atomic mass is 9.96. The van der Waals surface area contributed by atoms with Crippen LogP contribution in [0.2, 0.25) is 0 Å². The molecule has 0 spiro atoms. The van der Waals surface area contributed by atoms with Crippen LogP contribution in [0.1, 0.15) is 25.0 Å². The average Bonchev–Trinajstić information content (AvgIpc) is 2.78. The van der Waals surface area contributed by atoms with Crippen molar-refractivity contribution >= 4 is 21.4 Å². The van der Waals surface area contributed by atoms with E-state index in [1.165, 1.54) is 0 Å². The molecule has 1 saturated heterocycles. The topological polar surface area (TPSA) is 70.7 Å². The number of benzene rings is 3. The summed E-state index contributed by atoms with van der Waals surface area (Å²) in [5, 5.41) is 3.52. The summed E-state index contributed by atoms with van der Waals surface area (Å²) in [6.45, 7) is 10.0. The summed E-state index contributed by atoms with van der Waals surface area (Å²) in [5.74, 6) is 0.724. The monoisotopic (exact) mass is 479 g/mol. The smallest absolute Gasteiger partial charge is 0.261 e. The van der Waals surface area contributed by atoms with Gasteiger partial charge < -0.3 is 15.0 Å². The molecule has 6 nitrogen and oxygen atoms in total. The van der Waals surface area contributed by atoms with Crippen molar-refractivity contribution in [2.45, 2.75) is 44.7 Å². The molecule has 2 atom stereocenters. The van der Waals surface area contributed by atoms with Gasteiger partial charge in [0.25, 0.3) is 10.0 Å². The fraction of sp³-hybridized carbons (Fsp3) is 0.333. The maximum Gasteiger partial charge on any atom is 0.261 e. The molecule has 1 aliphatic heterocycles. The first kappa shape index (κ1) is 24.1. The Balaban J connectivity index is 1.60. The third kappa shape index (κ3) is 5.05. The first-order chi connectivity index (χ1) is 16.2. The number of hydrogen-bond acceptors (Lipinski definition) is 5. The molecule has 34 heavy (non-hydrogen) atoms. The average molecular weight is 480 g/mol. The number of ether oxygens (including phenoxy) is 1. The fourth-order valence-corrected chi connectivity index (χ4v) is 5.86. The van der Waals surface area contributed by atoms with Crippen LogP contribution < -0.4 is 19.7 Å². The Hall–Kier alpha value is -3.03. The molecule has 4 rings (SSSR count). The van der Waals surface area contributed by atoms with E-state index in [4.69, 9.17) is 4.74 Å². The largest absolute Gasteiger partial charge is 0.495 e. The zero-order valence-electron chi connectivity index (χ0n) is 20.4. The summed E-state index contributed by atoms with van der Waals surface area (Å²) >= 11 is 0. The Morgan fingerprint density at radius 2 is 1.56 bits per heavy atom. The van der Waals surface area contributed by atoms with Gasteiger partial charge in [-0.15, -0.1) is 0 Å². The minimum absolute atomic E-state index is 0.226. The molecule has 3 aromatic rings. The molecule has 2 N–H and O–H groups in total. The highest BCUT2D eigenvalue weighted by Crippen LogP contribution is 2.34. The summed E-state index contributed by atoms with van der Waals surface area (Å²) in [6, 6.07) is 19.3. The van der Waals surface area contributed by atoms with Crippen molar-refractivity contribution in [2.75, 3.05) is 29.8 Å². The van der Waals surface area contributed by atoms with Crippen LogP contribution >= 0.6 is 0 Å². The quantitative estimate of drug-likeness (QED) is 0.523. The van der Waals surface area contributed by atoms with Gasteiger partial charge in [0, 0.05) is 25.2 Å². The molecule has 0 bridgehead atoms. The molecule has 1 heterocycles. The van der Waals surface area contributed by atoms with Crippen LogP contribution in [0.15, 0.2) is 65.6 Å². The van der Waals surface area contributed by atoms with Crippen molar-refractivity contribution < 1.29 is 13.2 Å². The lowest BCUT2D eigenvalue weighted by molar-refractivity contribution is 0.391. The number of rotatable bonds is 6. The Bertz CT molecular complexity index is 1240. The molecular formula is C27H33N3O3S. The lowest BCUT2D eigenvalue weighted by Gasteiger charge is -2.38. The fourth-order valence-electron chi connectivity index (χ4n) is 4.81. The molecule has 0 saturated carbocycles. The molecule has 1 fully saturated rings. The van der Waals surface area contributed by atoms with E-state index in [0.717, 1.165) is 46.8 Å². The third-order valence-electron chi connectivity index (χ3n) is 6.26. The molecule has 7 heteroatoms. The SMILES string of the molecule is COc1ccc(NS(=O)(=O)c2ccc(-c3c(C)cccc3C)cc2)cc1N1CC(C)NC(C)C1. The minimum atomic E-state index is -3.74. The molecule has 0 amide bonds. The van der Waals surface area contributed by atoms with E-state index in [1.807, 2.05) is 30.3 Å². The summed E-state index contributed by atoms with van der Waals surface area (Å²) in [4.78, 5) is 2.46. The Morgan fingerprint density at radius 3 is 2.15 bits per heavy atom. The lowest BCUT2D eigenvalue weighted by Crippen LogP contribution is -2.54. The van der Waals surface area contributed by atoms with Crippen molar-refractivity contribution in [3.8, 4) is 16.9 Å². The molecule has 0 aliphatic carbocycles. The van der Waals surface area contributed by atoms with E-state index in [9.17, 15) is 8.42 Å². The second kappa shape index (κ2) is 9.68. The number of nitrogens with one attached hydrogen (secondary N) is 2. The predicted molar refractivity (Wildman–Crippen MR) is 139 cm³/mol. The van der Waals surface area contributed by atoms with Gasteiger partial charge in [-0.25, -0.2) is 8.42 Å². The number of nitrogens with zero attached hydrogens (tertiary/aromatic N) is 1. The van der Waals surface area contributed by atoms with Crippen LogP contribution in [0, 0.1) is 13.8 Å². The second-order valence-electron chi connectivity index (χ2n) is 9.16. The highest BCUT2D eigenvalue weighted by atomic mass is 32.2. The van der Waals surface area contributed by atoms with Crippen molar-refractivity contribution in [2.24, 2.45) is 0 Å². The standard InChI is InChI=1S/C27H33N3O3S/c1-18-7-6-8-19(2)27(18)22-9-12-24(13-10-22)34(31,32)29-23-11-14-26(33-5)25(15-23)30-16-20(3)28-21(4)17-30/h6-15,20-21,28-29H,16-17H2,1-5H3. The number of aryl methyl sites for hydroxylation is 2. The number of methoxy groups -OCH3 is 1.